The highest BCUT2D eigenvalue weighted by molar-refractivity contribution is 5.73. The summed E-state index contributed by atoms with van der Waals surface area (Å²) >= 11 is 0. The number of phenols is 1. The summed E-state index contributed by atoms with van der Waals surface area (Å²) in [5, 5.41) is 25.4. The third kappa shape index (κ3) is 4.56. The number of carboxylic acid groups (broad SMARTS) is 1. The molecule has 5 nitrogen and oxygen atoms in total. The van der Waals surface area contributed by atoms with Crippen LogP contribution in [0.1, 0.15) is 75.3 Å². The zero-order chi connectivity index (χ0) is 22.9. The van der Waals surface area contributed by atoms with E-state index in [9.17, 15) is 18.3 Å². The van der Waals surface area contributed by atoms with Crippen LogP contribution in [0.5, 0.6) is 5.75 Å². The number of aliphatic carboxylic acids is 1. The topological polar surface area (TPSA) is 81.6 Å². The average Bonchev–Trinajstić information content (AvgIpc) is 2.76. The van der Waals surface area contributed by atoms with Crippen molar-refractivity contribution in [2.75, 3.05) is 11.9 Å². The zero-order valence-corrected chi connectivity index (χ0v) is 18.3. The van der Waals surface area contributed by atoms with Crippen LogP contribution in [0.15, 0.2) is 12.1 Å². The van der Waals surface area contributed by atoms with Crippen LogP contribution in [0.25, 0.3) is 0 Å². The summed E-state index contributed by atoms with van der Waals surface area (Å²) in [6, 6.07) is 5.64. The quantitative estimate of drug-likeness (QED) is 0.467. The molecule has 1 saturated heterocycles. The number of benzene rings is 1. The van der Waals surface area contributed by atoms with Gasteiger partial charge in [0, 0.05) is 17.5 Å². The molecule has 0 spiro atoms. The van der Waals surface area contributed by atoms with Crippen molar-refractivity contribution in [1.82, 2.24) is 5.32 Å². The molecule has 4 N–H and O–H groups in total. The summed E-state index contributed by atoms with van der Waals surface area (Å²) in [7, 11) is 0. The lowest BCUT2D eigenvalue weighted by Crippen LogP contribution is -2.59. The Bertz CT molecular complexity index is 835. The molecular weight excluding hydrogens is 421 g/mol. The normalized spacial score (nSPS) is 29.7. The van der Waals surface area contributed by atoms with Crippen LogP contribution in [-0.2, 0) is 16.6 Å². The Hall–Kier alpha value is -1.96. The second kappa shape index (κ2) is 9.12. The van der Waals surface area contributed by atoms with Crippen LogP contribution < -0.4 is 10.6 Å². The molecule has 1 heterocycles. The first-order valence-electron chi connectivity index (χ1n) is 11.9. The van der Waals surface area contributed by atoms with Crippen molar-refractivity contribution in [2.45, 2.75) is 94.3 Å². The molecule has 0 amide bonds. The Labute approximate surface area is 186 Å². The van der Waals surface area contributed by atoms with E-state index in [4.69, 9.17) is 9.90 Å². The maximum atomic E-state index is 10.8. The third-order valence-corrected chi connectivity index (χ3v) is 7.97. The molecule has 2 bridgehead atoms. The SMILES string of the molecule is O=C(O)C(F)(F)F.Oc1cc2c(cc1NC1CCCCC1)C[C@@H]1NCC[C@]23CCCC[C@H]13. The maximum Gasteiger partial charge on any atom is 0.490 e. The fraction of sp³-hybridized carbons (Fsp3) is 0.708. The number of piperidine rings is 1. The summed E-state index contributed by atoms with van der Waals surface area (Å²) in [5.74, 6) is -1.49. The third-order valence-electron chi connectivity index (χ3n) is 7.97. The van der Waals surface area contributed by atoms with Gasteiger partial charge < -0.3 is 20.8 Å². The molecule has 0 unspecified atom stereocenters. The molecule has 32 heavy (non-hydrogen) atoms. The van der Waals surface area contributed by atoms with Crippen LogP contribution in [0.2, 0.25) is 0 Å². The Kier molecular flexibility index (Phi) is 6.61. The van der Waals surface area contributed by atoms with Gasteiger partial charge in [0.05, 0.1) is 5.69 Å². The number of hydrogen-bond donors (Lipinski definition) is 4. The number of halogens is 3. The largest absolute Gasteiger partial charge is 0.506 e. The van der Waals surface area contributed by atoms with Crippen molar-refractivity contribution in [1.29, 1.82) is 0 Å². The van der Waals surface area contributed by atoms with Gasteiger partial charge in [0.2, 0.25) is 0 Å². The van der Waals surface area contributed by atoms with E-state index < -0.39 is 12.1 Å². The number of alkyl halides is 3. The van der Waals surface area contributed by atoms with E-state index in [1.54, 1.807) is 0 Å². The highest BCUT2D eigenvalue weighted by Crippen LogP contribution is 2.55. The number of fused-ring (bicyclic) bond motifs is 1. The summed E-state index contributed by atoms with van der Waals surface area (Å²) in [5.41, 5.74) is 4.30. The number of nitrogens with one attached hydrogen (secondary N) is 2. The average molecular weight is 455 g/mol. The van der Waals surface area contributed by atoms with Crippen molar-refractivity contribution in [3.8, 4) is 5.75 Å². The van der Waals surface area contributed by atoms with Crippen LogP contribution >= 0.6 is 0 Å². The van der Waals surface area contributed by atoms with Gasteiger partial charge in [-0.3, -0.25) is 0 Å². The second-order valence-corrected chi connectivity index (χ2v) is 9.83. The van der Waals surface area contributed by atoms with Gasteiger partial charge in [-0.15, -0.1) is 0 Å². The first-order valence-corrected chi connectivity index (χ1v) is 11.9. The highest BCUT2D eigenvalue weighted by Gasteiger charge is 2.51. The molecule has 2 saturated carbocycles. The molecule has 1 aliphatic heterocycles. The number of carboxylic acids is 1. The maximum absolute atomic E-state index is 10.8. The molecule has 178 valence electrons. The molecule has 3 aliphatic carbocycles. The standard InChI is InChI=1S/C22H32N2O.C2HF3O2/c25-21-14-18-15(13-20(21)24-16-6-2-1-3-7-16)12-19-17-8-4-5-9-22(17,18)10-11-23-19;3-2(4,5)1(6)7/h13-14,16-17,19,23-25H,1-12H2;(H,6,7)/t17-,19+,22+;/m1./s1. The summed E-state index contributed by atoms with van der Waals surface area (Å²) < 4.78 is 31.7. The van der Waals surface area contributed by atoms with E-state index >= 15 is 0 Å². The fourth-order valence-corrected chi connectivity index (χ4v) is 6.55. The molecule has 5 rings (SSSR count). The monoisotopic (exact) mass is 454 g/mol. The molecule has 1 aromatic carbocycles. The lowest BCUT2D eigenvalue weighted by atomic mass is 9.53. The van der Waals surface area contributed by atoms with Gasteiger partial charge in [0.1, 0.15) is 5.75 Å². The predicted octanol–water partition coefficient (Wildman–Crippen LogP) is 5.12. The fourth-order valence-electron chi connectivity index (χ4n) is 6.55. The minimum Gasteiger partial charge on any atom is -0.506 e. The number of hydrogen-bond acceptors (Lipinski definition) is 4. The summed E-state index contributed by atoms with van der Waals surface area (Å²) in [4.78, 5) is 8.90. The summed E-state index contributed by atoms with van der Waals surface area (Å²) in [6.07, 6.45) is 9.21. The first-order chi connectivity index (χ1) is 15.2. The highest BCUT2D eigenvalue weighted by atomic mass is 19.4. The predicted molar refractivity (Wildman–Crippen MR) is 116 cm³/mol. The van der Waals surface area contributed by atoms with Crippen molar-refractivity contribution in [3.05, 3.63) is 23.3 Å². The number of rotatable bonds is 2. The Morgan fingerprint density at radius 1 is 1.06 bits per heavy atom. The second-order valence-electron chi connectivity index (χ2n) is 9.83. The van der Waals surface area contributed by atoms with E-state index in [0.29, 0.717) is 23.2 Å². The molecule has 1 aromatic rings. The Morgan fingerprint density at radius 3 is 2.44 bits per heavy atom. The van der Waals surface area contributed by atoms with Crippen LogP contribution in [0, 0.1) is 5.92 Å². The van der Waals surface area contributed by atoms with E-state index in [0.717, 1.165) is 24.6 Å². The van der Waals surface area contributed by atoms with Gasteiger partial charge in [-0.1, -0.05) is 32.1 Å². The smallest absolute Gasteiger partial charge is 0.490 e. The number of aromatic hydroxyl groups is 1. The van der Waals surface area contributed by atoms with Crippen LogP contribution in [0.3, 0.4) is 0 Å². The minimum absolute atomic E-state index is 0.336. The molecular formula is C24H33F3N2O3. The molecule has 8 heteroatoms. The van der Waals surface area contributed by atoms with E-state index in [-0.39, 0.29) is 0 Å². The van der Waals surface area contributed by atoms with Crippen LogP contribution in [-0.4, -0.2) is 41.0 Å². The van der Waals surface area contributed by atoms with Crippen LogP contribution in [0.4, 0.5) is 18.9 Å². The zero-order valence-electron chi connectivity index (χ0n) is 18.3. The van der Waals surface area contributed by atoms with Gasteiger partial charge in [-0.2, -0.15) is 13.2 Å². The molecule has 0 radical (unpaired) electrons. The summed E-state index contributed by atoms with van der Waals surface area (Å²) in [6.45, 7) is 1.14. The number of carbonyl (C=O) groups is 1. The molecule has 0 aromatic heterocycles. The lowest BCUT2D eigenvalue weighted by Gasteiger charge is -2.56. The van der Waals surface area contributed by atoms with E-state index in [2.05, 4.69) is 22.8 Å². The first kappa shape index (κ1) is 23.2. The minimum atomic E-state index is -5.08. The molecule has 3 atom stereocenters. The number of anilines is 1. The van der Waals surface area contributed by atoms with Gasteiger partial charge in [-0.05, 0) is 74.2 Å². The van der Waals surface area contributed by atoms with Crippen molar-refractivity contribution >= 4 is 11.7 Å². The van der Waals surface area contributed by atoms with E-state index in [1.165, 1.54) is 75.3 Å². The van der Waals surface area contributed by atoms with Gasteiger partial charge >= 0.3 is 12.1 Å². The van der Waals surface area contributed by atoms with Gasteiger partial charge in [-0.25, -0.2) is 4.79 Å². The van der Waals surface area contributed by atoms with Crippen molar-refractivity contribution < 1.29 is 28.2 Å². The number of phenolic OH excluding ortho intramolecular Hbond substituents is 1. The van der Waals surface area contributed by atoms with Crippen molar-refractivity contribution in [3.63, 3.8) is 0 Å². The Morgan fingerprint density at radius 2 is 1.75 bits per heavy atom. The van der Waals surface area contributed by atoms with Gasteiger partial charge in [0.15, 0.2) is 0 Å². The van der Waals surface area contributed by atoms with Gasteiger partial charge in [0.25, 0.3) is 0 Å². The molecule has 3 fully saturated rings. The van der Waals surface area contributed by atoms with Crippen molar-refractivity contribution in [2.24, 2.45) is 5.92 Å². The lowest BCUT2D eigenvalue weighted by molar-refractivity contribution is -0.192. The van der Waals surface area contributed by atoms with E-state index in [1.807, 2.05) is 0 Å². The Balaban J connectivity index is 0.000000307. The molecule has 4 aliphatic rings.